The number of likely N-dealkylation sites (tertiary alicyclic amines) is 2. The number of carboxylic acids is 1. The fourth-order valence-corrected chi connectivity index (χ4v) is 4.15. The number of hydrogen-bond acceptors (Lipinski definition) is 4. The number of ether oxygens (including phenoxy) is 1. The molecule has 0 unspecified atom stereocenters. The number of hydrogen-bond donors (Lipinski definition) is 1. The second kappa shape index (κ2) is 7.66. The molecule has 2 heterocycles. The molecule has 2 saturated heterocycles. The van der Waals surface area contributed by atoms with Gasteiger partial charge in [0.1, 0.15) is 11.8 Å². The number of nitrogens with zero attached hydrogens (tertiary/aromatic N) is 2. The second-order valence-electron chi connectivity index (χ2n) is 7.66. The summed E-state index contributed by atoms with van der Waals surface area (Å²) in [5, 5.41) is 9.28. The molecule has 3 rings (SSSR count). The minimum absolute atomic E-state index is 0.0238. The number of carboxylic acid groups (broad SMARTS) is 1. The molecule has 1 amide bonds. The standard InChI is InChI=1S/C20H28N2O4/c1-15(19(24)25)22-14-20(7-6-18(22)23)8-10-21(11-9-20)13-16-4-3-5-17(12-16)26-2/h3-5,12,15H,6-11,13-14H2,1-2H3,(H,24,25)/t15-/m0/s1. The SMILES string of the molecule is COc1cccc(CN2CCC3(CCC(=O)N([C@@H](C)C(=O)O)C3)CC2)c1. The maximum Gasteiger partial charge on any atom is 0.326 e. The van der Waals surface area contributed by atoms with Gasteiger partial charge in [0.05, 0.1) is 7.11 Å². The van der Waals surface area contributed by atoms with E-state index in [4.69, 9.17) is 4.74 Å². The molecule has 1 atom stereocenters. The first-order valence-corrected chi connectivity index (χ1v) is 9.30. The van der Waals surface area contributed by atoms with Gasteiger partial charge >= 0.3 is 5.97 Å². The third-order valence-electron chi connectivity index (χ3n) is 5.98. The van der Waals surface area contributed by atoms with Crippen molar-refractivity contribution in [2.75, 3.05) is 26.7 Å². The third kappa shape index (κ3) is 4.01. The Hall–Kier alpha value is -2.08. The Morgan fingerprint density at radius 3 is 2.69 bits per heavy atom. The van der Waals surface area contributed by atoms with Gasteiger partial charge in [-0.1, -0.05) is 12.1 Å². The number of methoxy groups -OCH3 is 1. The summed E-state index contributed by atoms with van der Waals surface area (Å²) in [5.41, 5.74) is 1.31. The Balaban J connectivity index is 1.60. The van der Waals surface area contributed by atoms with Gasteiger partial charge in [-0.05, 0) is 62.4 Å². The van der Waals surface area contributed by atoms with Crippen LogP contribution in [0.2, 0.25) is 0 Å². The summed E-state index contributed by atoms with van der Waals surface area (Å²) in [6.07, 6.45) is 3.36. The molecule has 6 heteroatoms. The van der Waals surface area contributed by atoms with E-state index in [0.717, 1.165) is 44.6 Å². The number of carbonyl (C=O) groups excluding carboxylic acids is 1. The lowest BCUT2D eigenvalue weighted by molar-refractivity contribution is -0.155. The van der Waals surface area contributed by atoms with Crippen LogP contribution in [0.4, 0.5) is 0 Å². The maximum absolute atomic E-state index is 12.2. The van der Waals surface area contributed by atoms with Crippen LogP contribution >= 0.6 is 0 Å². The van der Waals surface area contributed by atoms with E-state index in [2.05, 4.69) is 17.0 Å². The van der Waals surface area contributed by atoms with E-state index >= 15 is 0 Å². The normalized spacial score (nSPS) is 21.6. The molecule has 0 saturated carbocycles. The molecule has 26 heavy (non-hydrogen) atoms. The molecule has 2 aliphatic rings. The van der Waals surface area contributed by atoms with E-state index < -0.39 is 12.0 Å². The molecule has 142 valence electrons. The molecule has 2 aliphatic heterocycles. The molecule has 6 nitrogen and oxygen atoms in total. The smallest absolute Gasteiger partial charge is 0.326 e. The first kappa shape index (κ1) is 18.7. The van der Waals surface area contributed by atoms with Crippen LogP contribution in [0.1, 0.15) is 38.2 Å². The number of amides is 1. The van der Waals surface area contributed by atoms with Gasteiger partial charge in [0.25, 0.3) is 0 Å². The summed E-state index contributed by atoms with van der Waals surface area (Å²) in [6, 6.07) is 7.40. The largest absolute Gasteiger partial charge is 0.497 e. The van der Waals surface area contributed by atoms with E-state index in [0.29, 0.717) is 13.0 Å². The lowest BCUT2D eigenvalue weighted by Crippen LogP contribution is -2.55. The predicted molar refractivity (Wildman–Crippen MR) is 98.0 cm³/mol. The molecule has 2 fully saturated rings. The van der Waals surface area contributed by atoms with Crippen LogP contribution in [0.3, 0.4) is 0 Å². The van der Waals surface area contributed by atoms with Crippen molar-refractivity contribution in [3.63, 3.8) is 0 Å². The van der Waals surface area contributed by atoms with Crippen LogP contribution in [0.5, 0.6) is 5.75 Å². The molecule has 0 bridgehead atoms. The highest BCUT2D eigenvalue weighted by molar-refractivity contribution is 5.84. The minimum Gasteiger partial charge on any atom is -0.497 e. The van der Waals surface area contributed by atoms with Crippen molar-refractivity contribution < 1.29 is 19.4 Å². The molecule has 1 N–H and O–H groups in total. The van der Waals surface area contributed by atoms with E-state index in [1.807, 2.05) is 12.1 Å². The van der Waals surface area contributed by atoms with Gasteiger partial charge < -0.3 is 14.7 Å². The molecule has 0 radical (unpaired) electrons. The monoisotopic (exact) mass is 360 g/mol. The number of carbonyl (C=O) groups is 2. The summed E-state index contributed by atoms with van der Waals surface area (Å²) >= 11 is 0. The summed E-state index contributed by atoms with van der Waals surface area (Å²) < 4.78 is 5.29. The molecule has 1 aromatic carbocycles. The molecule has 1 aromatic rings. The summed E-state index contributed by atoms with van der Waals surface area (Å²) in [7, 11) is 1.68. The topological polar surface area (TPSA) is 70.1 Å². The Bertz CT molecular complexity index is 668. The quantitative estimate of drug-likeness (QED) is 0.873. The lowest BCUT2D eigenvalue weighted by Gasteiger charge is -2.48. The zero-order valence-electron chi connectivity index (χ0n) is 15.6. The van der Waals surface area contributed by atoms with Gasteiger partial charge in [0.15, 0.2) is 0 Å². The first-order valence-electron chi connectivity index (χ1n) is 9.30. The summed E-state index contributed by atoms with van der Waals surface area (Å²) in [5.74, 6) is -0.0738. The Morgan fingerprint density at radius 2 is 2.04 bits per heavy atom. The number of piperidine rings is 2. The van der Waals surface area contributed by atoms with Crippen molar-refractivity contribution in [2.45, 2.75) is 45.2 Å². The van der Waals surface area contributed by atoms with Crippen LogP contribution in [0.25, 0.3) is 0 Å². The van der Waals surface area contributed by atoms with Crippen LogP contribution in [-0.2, 0) is 16.1 Å². The Labute approximate surface area is 154 Å². The van der Waals surface area contributed by atoms with Crippen molar-refractivity contribution in [1.29, 1.82) is 0 Å². The van der Waals surface area contributed by atoms with Crippen molar-refractivity contribution in [1.82, 2.24) is 9.80 Å². The molecular formula is C20H28N2O4. The average molecular weight is 360 g/mol. The van der Waals surface area contributed by atoms with Crippen LogP contribution in [0.15, 0.2) is 24.3 Å². The first-order chi connectivity index (χ1) is 12.4. The van der Waals surface area contributed by atoms with E-state index in [1.165, 1.54) is 5.56 Å². The minimum atomic E-state index is -0.925. The van der Waals surface area contributed by atoms with E-state index in [1.54, 1.807) is 18.9 Å². The molecular weight excluding hydrogens is 332 g/mol. The number of aliphatic carboxylic acids is 1. The van der Waals surface area contributed by atoms with Crippen molar-refractivity contribution >= 4 is 11.9 Å². The van der Waals surface area contributed by atoms with Gasteiger partial charge in [-0.25, -0.2) is 4.79 Å². The second-order valence-corrected chi connectivity index (χ2v) is 7.66. The van der Waals surface area contributed by atoms with Gasteiger partial charge in [0, 0.05) is 19.5 Å². The Morgan fingerprint density at radius 1 is 1.31 bits per heavy atom. The highest BCUT2D eigenvalue weighted by atomic mass is 16.5. The van der Waals surface area contributed by atoms with Gasteiger partial charge in [0.2, 0.25) is 5.91 Å². The fourth-order valence-electron chi connectivity index (χ4n) is 4.15. The van der Waals surface area contributed by atoms with Crippen LogP contribution in [-0.4, -0.2) is 59.6 Å². The van der Waals surface area contributed by atoms with Gasteiger partial charge in [-0.15, -0.1) is 0 Å². The molecule has 1 spiro atoms. The van der Waals surface area contributed by atoms with E-state index in [9.17, 15) is 14.7 Å². The van der Waals surface area contributed by atoms with E-state index in [-0.39, 0.29) is 11.3 Å². The number of benzene rings is 1. The summed E-state index contributed by atoms with van der Waals surface area (Å²) in [4.78, 5) is 27.5. The zero-order valence-corrected chi connectivity index (χ0v) is 15.6. The molecule has 0 aromatic heterocycles. The molecule has 0 aliphatic carbocycles. The van der Waals surface area contributed by atoms with Crippen molar-refractivity contribution in [3.8, 4) is 5.75 Å². The van der Waals surface area contributed by atoms with Crippen molar-refractivity contribution in [2.24, 2.45) is 5.41 Å². The van der Waals surface area contributed by atoms with Crippen molar-refractivity contribution in [3.05, 3.63) is 29.8 Å². The lowest BCUT2D eigenvalue weighted by atomic mass is 9.72. The Kier molecular flexibility index (Phi) is 5.51. The zero-order chi connectivity index (χ0) is 18.7. The highest BCUT2D eigenvalue weighted by Crippen LogP contribution is 2.41. The van der Waals surface area contributed by atoms with Crippen LogP contribution in [0, 0.1) is 5.41 Å². The predicted octanol–water partition coefficient (Wildman–Crippen LogP) is 2.37. The summed E-state index contributed by atoms with van der Waals surface area (Å²) in [6.45, 7) is 5.02. The number of rotatable bonds is 5. The van der Waals surface area contributed by atoms with Gasteiger partial charge in [-0.3, -0.25) is 9.69 Å². The van der Waals surface area contributed by atoms with Crippen LogP contribution < -0.4 is 4.74 Å². The highest BCUT2D eigenvalue weighted by Gasteiger charge is 2.43. The average Bonchev–Trinajstić information content (AvgIpc) is 2.65. The third-order valence-corrected chi connectivity index (χ3v) is 5.98. The maximum atomic E-state index is 12.2. The fraction of sp³-hybridized carbons (Fsp3) is 0.600. The van der Waals surface area contributed by atoms with Gasteiger partial charge in [-0.2, -0.15) is 0 Å².